The minimum Gasteiger partial charge on any atom is -0.246 e. The van der Waals surface area contributed by atoms with Crippen molar-refractivity contribution in [2.24, 2.45) is 9.98 Å². The Bertz CT molecular complexity index is 143. The van der Waals surface area contributed by atoms with Crippen LogP contribution in [0.4, 0.5) is 4.39 Å². The van der Waals surface area contributed by atoms with E-state index in [0.717, 1.165) is 11.9 Å². The van der Waals surface area contributed by atoms with Gasteiger partial charge in [-0.3, -0.25) is 0 Å². The third kappa shape index (κ3) is 7.01. The van der Waals surface area contributed by atoms with Gasteiger partial charge in [-0.25, -0.2) is 14.4 Å². The summed E-state index contributed by atoms with van der Waals surface area (Å²) in [7, 11) is 0. The highest BCUT2D eigenvalue weighted by Crippen LogP contribution is 1.75. The third-order valence-electron chi connectivity index (χ3n) is 0.525. The zero-order valence-electron chi connectivity index (χ0n) is 5.50. The molecule has 0 aliphatic carbocycles. The van der Waals surface area contributed by atoms with Crippen LogP contribution in [-0.4, -0.2) is 12.1 Å². The lowest BCUT2D eigenvalue weighted by molar-refractivity contribution is 0.718. The molecule has 50 valence electrons. The van der Waals surface area contributed by atoms with Crippen molar-refractivity contribution < 1.29 is 4.39 Å². The van der Waals surface area contributed by atoms with Gasteiger partial charge in [-0.2, -0.15) is 0 Å². The van der Waals surface area contributed by atoms with E-state index in [9.17, 15) is 4.39 Å². The first-order chi connectivity index (χ1) is 4.27. The van der Waals surface area contributed by atoms with Gasteiger partial charge in [0.15, 0.2) is 0 Å². The van der Waals surface area contributed by atoms with Crippen LogP contribution in [0.5, 0.6) is 0 Å². The lowest BCUT2D eigenvalue weighted by atomic mass is 10.5. The Hall–Kier alpha value is -0.990. The van der Waals surface area contributed by atoms with Crippen molar-refractivity contribution >= 4 is 12.1 Å². The number of hydrogen-bond donors (Lipinski definition) is 0. The fraction of sp³-hybridized carbons (Fsp3) is 0.333. The lowest BCUT2D eigenvalue weighted by Gasteiger charge is -1.78. The first kappa shape index (κ1) is 8.01. The SMILES string of the molecule is CC(C)=NC=N/C=C/F. The molecule has 0 aromatic heterocycles. The average molecular weight is 128 g/mol. The highest BCUT2D eigenvalue weighted by Gasteiger charge is 1.69. The first-order valence-corrected chi connectivity index (χ1v) is 2.55. The van der Waals surface area contributed by atoms with Gasteiger partial charge >= 0.3 is 0 Å². The molecule has 0 aliphatic heterocycles. The van der Waals surface area contributed by atoms with Crippen LogP contribution >= 0.6 is 0 Å². The second-order valence-corrected chi connectivity index (χ2v) is 1.62. The van der Waals surface area contributed by atoms with Crippen molar-refractivity contribution in [2.75, 3.05) is 0 Å². The predicted molar refractivity (Wildman–Crippen MR) is 37.5 cm³/mol. The first-order valence-electron chi connectivity index (χ1n) is 2.55. The molecule has 2 nitrogen and oxygen atoms in total. The summed E-state index contributed by atoms with van der Waals surface area (Å²) in [5.41, 5.74) is 0.894. The van der Waals surface area contributed by atoms with Gasteiger partial charge < -0.3 is 0 Å². The average Bonchev–Trinajstić information content (AvgIpc) is 1.80. The van der Waals surface area contributed by atoms with Crippen molar-refractivity contribution in [1.82, 2.24) is 0 Å². The van der Waals surface area contributed by atoms with Crippen LogP contribution in [0.1, 0.15) is 13.8 Å². The molecule has 0 saturated carbocycles. The number of halogens is 1. The Balaban J connectivity index is 3.60. The van der Waals surface area contributed by atoms with E-state index >= 15 is 0 Å². The summed E-state index contributed by atoms with van der Waals surface area (Å²) in [5.74, 6) is 0. The molecule has 0 N–H and O–H groups in total. The van der Waals surface area contributed by atoms with Crippen molar-refractivity contribution in [3.05, 3.63) is 12.5 Å². The summed E-state index contributed by atoms with van der Waals surface area (Å²) in [6, 6.07) is 0. The molecule has 0 aromatic carbocycles. The molecular weight excluding hydrogens is 119 g/mol. The fourth-order valence-corrected chi connectivity index (χ4v) is 0.220. The van der Waals surface area contributed by atoms with Crippen LogP contribution in [0.15, 0.2) is 22.5 Å². The van der Waals surface area contributed by atoms with Crippen molar-refractivity contribution in [3.8, 4) is 0 Å². The predicted octanol–water partition coefficient (Wildman–Crippen LogP) is 1.94. The molecule has 9 heavy (non-hydrogen) atoms. The molecule has 0 atom stereocenters. The number of rotatable bonds is 2. The van der Waals surface area contributed by atoms with Crippen LogP contribution in [0.2, 0.25) is 0 Å². The molecule has 0 aromatic rings. The van der Waals surface area contributed by atoms with Crippen LogP contribution in [0.3, 0.4) is 0 Å². The second kappa shape index (κ2) is 5.15. The minimum absolute atomic E-state index is 0.358. The van der Waals surface area contributed by atoms with E-state index in [4.69, 9.17) is 0 Å². The molecule has 0 aliphatic rings. The summed E-state index contributed by atoms with van der Waals surface area (Å²) < 4.78 is 11.2. The van der Waals surface area contributed by atoms with Gasteiger partial charge in [-0.05, 0) is 13.8 Å². The number of nitrogens with zero attached hydrogens (tertiary/aromatic N) is 2. The maximum absolute atomic E-state index is 11.2. The van der Waals surface area contributed by atoms with E-state index < -0.39 is 0 Å². The highest BCUT2D eigenvalue weighted by atomic mass is 19.1. The van der Waals surface area contributed by atoms with Crippen molar-refractivity contribution in [2.45, 2.75) is 13.8 Å². The summed E-state index contributed by atoms with van der Waals surface area (Å²) in [6.45, 7) is 3.68. The van der Waals surface area contributed by atoms with Crippen LogP contribution < -0.4 is 0 Å². The molecule has 0 spiro atoms. The zero-order valence-corrected chi connectivity index (χ0v) is 5.50. The van der Waals surface area contributed by atoms with E-state index in [1.807, 2.05) is 13.8 Å². The van der Waals surface area contributed by atoms with Gasteiger partial charge in [0.05, 0.1) is 6.20 Å². The smallest absolute Gasteiger partial charge is 0.115 e. The van der Waals surface area contributed by atoms with E-state index in [2.05, 4.69) is 9.98 Å². The van der Waals surface area contributed by atoms with Crippen molar-refractivity contribution in [1.29, 1.82) is 0 Å². The van der Waals surface area contributed by atoms with Crippen LogP contribution in [-0.2, 0) is 0 Å². The van der Waals surface area contributed by atoms with Gasteiger partial charge in [0.2, 0.25) is 0 Å². The van der Waals surface area contributed by atoms with Gasteiger partial charge in [-0.1, -0.05) is 0 Å². The van der Waals surface area contributed by atoms with Gasteiger partial charge in [0.25, 0.3) is 0 Å². The van der Waals surface area contributed by atoms with Crippen molar-refractivity contribution in [3.63, 3.8) is 0 Å². The standard InChI is InChI=1S/C6H9FN2/c1-6(2)9-5-8-4-3-7/h3-5H,1-2H3/b4-3+,8-5?. The monoisotopic (exact) mass is 128 g/mol. The van der Waals surface area contributed by atoms with Crippen LogP contribution in [0.25, 0.3) is 0 Å². The Morgan fingerprint density at radius 3 is 2.56 bits per heavy atom. The summed E-state index contributed by atoms with van der Waals surface area (Å²) in [5, 5.41) is 0. The van der Waals surface area contributed by atoms with E-state index in [-0.39, 0.29) is 0 Å². The highest BCUT2D eigenvalue weighted by molar-refractivity contribution is 5.86. The maximum atomic E-state index is 11.2. The summed E-state index contributed by atoms with van der Waals surface area (Å²) in [4.78, 5) is 7.23. The molecule has 0 fully saturated rings. The molecule has 0 bridgehead atoms. The third-order valence-corrected chi connectivity index (χ3v) is 0.525. The van der Waals surface area contributed by atoms with Gasteiger partial charge in [0.1, 0.15) is 12.7 Å². The lowest BCUT2D eigenvalue weighted by Crippen LogP contribution is -1.78. The normalized spacial score (nSPS) is 11.0. The topological polar surface area (TPSA) is 24.7 Å². The second-order valence-electron chi connectivity index (χ2n) is 1.62. The van der Waals surface area contributed by atoms with E-state index in [0.29, 0.717) is 6.33 Å². The summed E-state index contributed by atoms with van der Waals surface area (Å²) >= 11 is 0. The molecule has 0 heterocycles. The molecule has 0 radical (unpaired) electrons. The minimum atomic E-state index is 0.358. The number of hydrogen-bond acceptors (Lipinski definition) is 1. The largest absolute Gasteiger partial charge is 0.246 e. The Kier molecular flexibility index (Phi) is 4.59. The van der Waals surface area contributed by atoms with Gasteiger partial charge in [0, 0.05) is 5.71 Å². The molecule has 0 saturated heterocycles. The number of aliphatic imine (C=N–C) groups is 2. The maximum Gasteiger partial charge on any atom is 0.115 e. The van der Waals surface area contributed by atoms with Gasteiger partial charge in [-0.15, -0.1) is 0 Å². The zero-order chi connectivity index (χ0) is 7.11. The molecule has 0 amide bonds. The molecular formula is C6H9FN2. The van der Waals surface area contributed by atoms with E-state index in [1.165, 1.54) is 6.34 Å². The molecule has 0 unspecified atom stereocenters. The molecule has 0 rings (SSSR count). The summed E-state index contributed by atoms with van der Waals surface area (Å²) in [6.07, 6.45) is 2.69. The van der Waals surface area contributed by atoms with Crippen LogP contribution in [0, 0.1) is 0 Å². The quantitative estimate of drug-likeness (QED) is 0.401. The fourth-order valence-electron chi connectivity index (χ4n) is 0.220. The van der Waals surface area contributed by atoms with E-state index in [1.54, 1.807) is 0 Å². The molecule has 3 heteroatoms. The Morgan fingerprint density at radius 2 is 2.11 bits per heavy atom. The Morgan fingerprint density at radius 1 is 1.44 bits per heavy atom. The Labute approximate surface area is 53.8 Å².